The number of hydrogen-bond acceptors (Lipinski definition) is 10. The largest absolute Gasteiger partial charge is 0.449 e. The summed E-state index contributed by atoms with van der Waals surface area (Å²) in [5.74, 6) is 0.531. The van der Waals surface area contributed by atoms with E-state index in [1.165, 1.54) is 25.3 Å². The van der Waals surface area contributed by atoms with Gasteiger partial charge in [-0.2, -0.15) is 0 Å². The number of benzene rings is 1. The minimum absolute atomic E-state index is 0.0774. The Morgan fingerprint density at radius 3 is 2.20 bits per heavy atom. The number of hydrogen-bond donors (Lipinski definition) is 3. The van der Waals surface area contributed by atoms with E-state index >= 15 is 0 Å². The number of aromatic nitrogens is 1. The predicted molar refractivity (Wildman–Crippen MR) is 195 cm³/mol. The molecule has 0 spiro atoms. The number of anilines is 1. The lowest BCUT2D eigenvalue weighted by Gasteiger charge is -2.33. The minimum Gasteiger partial charge on any atom is -0.449 e. The van der Waals surface area contributed by atoms with E-state index in [1.54, 1.807) is 69.2 Å². The zero-order valence-electron chi connectivity index (χ0n) is 30.7. The fourth-order valence-electron chi connectivity index (χ4n) is 5.62. The lowest BCUT2D eigenvalue weighted by molar-refractivity contribution is 0.0152. The second kappa shape index (κ2) is 17.7. The minimum atomic E-state index is -3.93. The van der Waals surface area contributed by atoms with Gasteiger partial charge in [-0.05, 0) is 99.1 Å². The van der Waals surface area contributed by atoms with E-state index in [2.05, 4.69) is 25.5 Å². The van der Waals surface area contributed by atoms with Crippen LogP contribution in [0, 0.1) is 5.92 Å². The van der Waals surface area contributed by atoms with Gasteiger partial charge in [0.05, 0.1) is 27.5 Å². The van der Waals surface area contributed by atoms with E-state index in [0.29, 0.717) is 43.1 Å². The molecule has 2 aliphatic rings. The molecule has 2 aromatic rings. The maximum Gasteiger partial charge on any atom is 0.411 e. The van der Waals surface area contributed by atoms with Gasteiger partial charge in [0, 0.05) is 42.0 Å². The molecule has 2 heterocycles. The first-order valence-corrected chi connectivity index (χ1v) is 19.5. The van der Waals surface area contributed by atoms with Crippen LogP contribution >= 0.6 is 11.3 Å². The van der Waals surface area contributed by atoms with Gasteiger partial charge in [0.15, 0.2) is 0 Å². The van der Waals surface area contributed by atoms with E-state index in [0.717, 1.165) is 22.7 Å². The summed E-state index contributed by atoms with van der Waals surface area (Å²) < 4.78 is 45.2. The Balaban J connectivity index is 0.000000872. The van der Waals surface area contributed by atoms with Crippen molar-refractivity contribution in [2.45, 2.75) is 128 Å². The Bertz CT molecular complexity index is 1550. The van der Waals surface area contributed by atoms with E-state index in [9.17, 15) is 22.8 Å². The SMILES string of the molecule is CC(C)(C)NS(=O)(=O)c1cc(NC(=O)OCC2CCN(C(=O)OC(C)(C)C)CC2)ccc1-c1cnc(C2CCCCC2)s1.CC(C)OC(N)=O. The van der Waals surface area contributed by atoms with Crippen molar-refractivity contribution in [1.82, 2.24) is 14.6 Å². The number of sulfonamides is 1. The summed E-state index contributed by atoms with van der Waals surface area (Å²) in [4.78, 5) is 42.0. The molecule has 13 nitrogen and oxygen atoms in total. The molecule has 1 aliphatic carbocycles. The number of nitrogens with zero attached hydrogens (tertiary/aromatic N) is 2. The number of carbonyl (C=O) groups excluding carboxylic acids is 3. The fourth-order valence-corrected chi connectivity index (χ4v) is 8.48. The zero-order valence-corrected chi connectivity index (χ0v) is 32.3. The number of likely N-dealkylation sites (tertiary alicyclic amines) is 1. The molecule has 280 valence electrons. The maximum atomic E-state index is 13.6. The highest BCUT2D eigenvalue weighted by atomic mass is 32.2. The number of carbonyl (C=O) groups is 3. The molecule has 2 fully saturated rings. The number of nitrogens with two attached hydrogens (primary N) is 1. The summed E-state index contributed by atoms with van der Waals surface area (Å²) in [5, 5.41) is 3.74. The number of amides is 3. The summed E-state index contributed by atoms with van der Waals surface area (Å²) in [6, 6.07) is 4.88. The molecule has 1 saturated carbocycles. The molecule has 0 atom stereocenters. The first-order valence-electron chi connectivity index (χ1n) is 17.2. The number of thiazole rings is 1. The molecule has 1 aliphatic heterocycles. The van der Waals surface area contributed by atoms with Gasteiger partial charge in [-0.3, -0.25) is 5.32 Å². The zero-order chi connectivity index (χ0) is 37.3. The van der Waals surface area contributed by atoms with Crippen molar-refractivity contribution < 1.29 is 37.0 Å². The molecule has 3 amide bonds. The highest BCUT2D eigenvalue weighted by Gasteiger charge is 2.29. The number of nitrogens with one attached hydrogen (secondary N) is 2. The third-order valence-electron chi connectivity index (χ3n) is 7.77. The Hall–Kier alpha value is -3.43. The van der Waals surface area contributed by atoms with Gasteiger partial charge in [0.25, 0.3) is 0 Å². The van der Waals surface area contributed by atoms with Crippen LogP contribution in [0.1, 0.15) is 111 Å². The molecule has 1 saturated heterocycles. The Morgan fingerprint density at radius 1 is 1.02 bits per heavy atom. The molecule has 4 N–H and O–H groups in total. The van der Waals surface area contributed by atoms with Gasteiger partial charge in [0.2, 0.25) is 10.0 Å². The molecule has 0 unspecified atom stereocenters. The highest BCUT2D eigenvalue weighted by Crippen LogP contribution is 2.40. The van der Waals surface area contributed by atoms with Crippen LogP contribution in [0.5, 0.6) is 0 Å². The quantitative estimate of drug-likeness (QED) is 0.230. The number of ether oxygens (including phenoxy) is 3. The van der Waals surface area contributed by atoms with Crippen LogP contribution in [0.3, 0.4) is 0 Å². The molecule has 4 rings (SSSR count). The molecule has 50 heavy (non-hydrogen) atoms. The average Bonchev–Trinajstić information content (AvgIpc) is 3.49. The van der Waals surface area contributed by atoms with Gasteiger partial charge >= 0.3 is 18.3 Å². The molecular weight excluding hydrogens is 683 g/mol. The van der Waals surface area contributed by atoms with E-state index in [-0.39, 0.29) is 29.6 Å². The van der Waals surface area contributed by atoms with Crippen LogP contribution in [0.2, 0.25) is 0 Å². The predicted octanol–water partition coefficient (Wildman–Crippen LogP) is 7.62. The third-order valence-corrected chi connectivity index (χ3v) is 10.8. The van der Waals surface area contributed by atoms with Gasteiger partial charge in [-0.25, -0.2) is 32.5 Å². The van der Waals surface area contributed by atoms with Crippen LogP contribution < -0.4 is 15.8 Å². The number of rotatable bonds is 8. The number of primary amides is 1. The van der Waals surface area contributed by atoms with Crippen LogP contribution in [0.15, 0.2) is 29.3 Å². The van der Waals surface area contributed by atoms with Crippen LogP contribution in [0.4, 0.5) is 20.1 Å². The highest BCUT2D eigenvalue weighted by molar-refractivity contribution is 7.89. The van der Waals surface area contributed by atoms with Crippen molar-refractivity contribution >= 4 is 45.3 Å². The van der Waals surface area contributed by atoms with Crippen LogP contribution in [0.25, 0.3) is 10.4 Å². The first kappa shape index (κ1) is 41.0. The van der Waals surface area contributed by atoms with Gasteiger partial charge < -0.3 is 24.8 Å². The van der Waals surface area contributed by atoms with E-state index < -0.39 is 33.3 Å². The summed E-state index contributed by atoms with van der Waals surface area (Å²) in [5.41, 5.74) is 4.26. The van der Waals surface area contributed by atoms with Crippen molar-refractivity contribution in [2.75, 3.05) is 25.0 Å². The van der Waals surface area contributed by atoms with Crippen molar-refractivity contribution in [1.29, 1.82) is 0 Å². The van der Waals surface area contributed by atoms with Crippen LogP contribution in [-0.4, -0.2) is 73.5 Å². The second-order valence-corrected chi connectivity index (χ2v) is 17.8. The fraction of sp³-hybridized carbons (Fsp3) is 0.657. The standard InChI is InChI=1S/C31H46N4O6S2.C4H9NO2/c1-30(2,3)34-43(38,39)26-18-23(12-13-24(26)25-19-32-27(42-25)22-10-8-7-9-11-22)33-28(36)40-20-21-14-16-35(17-15-21)29(37)41-31(4,5)6;1-3(2)7-4(5)6/h12-13,18-19,21-22,34H,7-11,14-17,20H2,1-6H3,(H,33,36);3H,1-2H3,(H2,5,6). The smallest absolute Gasteiger partial charge is 0.411 e. The lowest BCUT2D eigenvalue weighted by Crippen LogP contribution is -2.42. The molecule has 1 aromatic heterocycles. The Kier molecular flexibility index (Phi) is 14.5. The lowest BCUT2D eigenvalue weighted by atomic mass is 9.90. The van der Waals surface area contributed by atoms with Gasteiger partial charge in [-0.15, -0.1) is 11.3 Å². The van der Waals surface area contributed by atoms with Crippen molar-refractivity contribution in [3.05, 3.63) is 29.4 Å². The van der Waals surface area contributed by atoms with E-state index in [1.807, 2.05) is 20.8 Å². The second-order valence-electron chi connectivity index (χ2n) is 15.1. The van der Waals surface area contributed by atoms with Gasteiger partial charge in [0.1, 0.15) is 5.60 Å². The topological polar surface area (TPSA) is 179 Å². The average molecular weight is 738 g/mol. The molecular formula is C35H55N5O8S2. The van der Waals surface area contributed by atoms with Gasteiger partial charge in [-0.1, -0.05) is 25.3 Å². The summed E-state index contributed by atoms with van der Waals surface area (Å²) >= 11 is 1.54. The molecule has 0 radical (unpaired) electrons. The summed E-state index contributed by atoms with van der Waals surface area (Å²) in [6.45, 7) is 15.6. The number of piperidine rings is 1. The first-order chi connectivity index (χ1) is 23.2. The molecule has 1 aromatic carbocycles. The van der Waals surface area contributed by atoms with E-state index in [4.69, 9.17) is 9.47 Å². The maximum absolute atomic E-state index is 13.6. The monoisotopic (exact) mass is 737 g/mol. The molecule has 0 bridgehead atoms. The summed E-state index contributed by atoms with van der Waals surface area (Å²) in [6.07, 6.45) is 7.19. The van der Waals surface area contributed by atoms with Crippen LogP contribution in [-0.2, 0) is 24.2 Å². The Labute approximate surface area is 301 Å². The van der Waals surface area contributed by atoms with Crippen molar-refractivity contribution in [3.8, 4) is 10.4 Å². The van der Waals surface area contributed by atoms with Crippen molar-refractivity contribution in [2.24, 2.45) is 11.7 Å². The van der Waals surface area contributed by atoms with Crippen molar-refractivity contribution in [3.63, 3.8) is 0 Å². The summed E-state index contributed by atoms with van der Waals surface area (Å²) in [7, 11) is -3.93. The normalized spacial score (nSPS) is 16.3. The molecule has 15 heteroatoms. The Morgan fingerprint density at radius 2 is 1.66 bits per heavy atom. The third kappa shape index (κ3) is 13.7.